The van der Waals surface area contributed by atoms with Gasteiger partial charge >= 0.3 is 0 Å². The summed E-state index contributed by atoms with van der Waals surface area (Å²) in [6.45, 7) is 0. The molecule has 88 valence electrons. The number of nitrogens with zero attached hydrogens (tertiary/aromatic N) is 4. The summed E-state index contributed by atoms with van der Waals surface area (Å²) in [6.07, 6.45) is 4.68. The van der Waals surface area contributed by atoms with Crippen molar-refractivity contribution in [2.75, 3.05) is 14.2 Å². The minimum absolute atomic E-state index is 0.696. The fraction of sp³-hybridized carbons (Fsp3) is 0.182. The monoisotopic (exact) mass is 232 g/mol. The van der Waals surface area contributed by atoms with Gasteiger partial charge in [-0.2, -0.15) is 5.10 Å². The van der Waals surface area contributed by atoms with Crippen LogP contribution in [0.4, 0.5) is 0 Å². The number of hydrogen-bond donors (Lipinski definition) is 0. The van der Waals surface area contributed by atoms with Crippen molar-refractivity contribution in [2.45, 2.75) is 0 Å². The van der Waals surface area contributed by atoms with Gasteiger partial charge in [0, 0.05) is 11.6 Å². The SMILES string of the molecule is COc1ccc(C=Nn2cnnc2)c(OC)c1. The summed E-state index contributed by atoms with van der Waals surface area (Å²) in [5.41, 5.74) is 0.849. The molecule has 0 radical (unpaired) electrons. The maximum Gasteiger partial charge on any atom is 0.141 e. The molecule has 0 aliphatic rings. The number of hydrogen-bond acceptors (Lipinski definition) is 5. The van der Waals surface area contributed by atoms with E-state index in [9.17, 15) is 0 Å². The molecule has 6 heteroatoms. The van der Waals surface area contributed by atoms with Gasteiger partial charge in [0.15, 0.2) is 0 Å². The van der Waals surface area contributed by atoms with Crippen molar-refractivity contribution < 1.29 is 9.47 Å². The molecule has 0 aliphatic carbocycles. The summed E-state index contributed by atoms with van der Waals surface area (Å²) in [4.78, 5) is 0. The van der Waals surface area contributed by atoms with Gasteiger partial charge in [-0.25, -0.2) is 4.68 Å². The van der Waals surface area contributed by atoms with Crippen molar-refractivity contribution in [3.8, 4) is 11.5 Å². The second kappa shape index (κ2) is 5.11. The largest absolute Gasteiger partial charge is 0.497 e. The third-order valence-electron chi connectivity index (χ3n) is 2.18. The van der Waals surface area contributed by atoms with Gasteiger partial charge in [0.25, 0.3) is 0 Å². The van der Waals surface area contributed by atoms with E-state index in [-0.39, 0.29) is 0 Å². The highest BCUT2D eigenvalue weighted by Gasteiger charge is 2.02. The Morgan fingerprint density at radius 2 is 1.94 bits per heavy atom. The van der Waals surface area contributed by atoms with Crippen LogP contribution in [0.25, 0.3) is 0 Å². The van der Waals surface area contributed by atoms with E-state index in [1.807, 2.05) is 12.1 Å². The predicted octanol–water partition coefficient (Wildman–Crippen LogP) is 1.18. The van der Waals surface area contributed by atoms with Crippen LogP contribution in [-0.4, -0.2) is 35.3 Å². The maximum absolute atomic E-state index is 5.25. The second-order valence-corrected chi connectivity index (χ2v) is 3.19. The average Bonchev–Trinajstić information content (AvgIpc) is 2.89. The topological polar surface area (TPSA) is 61.5 Å². The number of ether oxygens (including phenoxy) is 2. The Morgan fingerprint density at radius 1 is 1.18 bits per heavy atom. The Hall–Kier alpha value is -2.37. The Bertz CT molecular complexity index is 508. The average molecular weight is 232 g/mol. The molecule has 17 heavy (non-hydrogen) atoms. The van der Waals surface area contributed by atoms with Crippen molar-refractivity contribution >= 4 is 6.21 Å². The molecule has 0 saturated carbocycles. The fourth-order valence-corrected chi connectivity index (χ4v) is 1.31. The lowest BCUT2D eigenvalue weighted by atomic mass is 10.2. The zero-order chi connectivity index (χ0) is 12.1. The molecule has 0 amide bonds. The quantitative estimate of drug-likeness (QED) is 0.742. The van der Waals surface area contributed by atoms with E-state index in [1.165, 1.54) is 17.3 Å². The maximum atomic E-state index is 5.25. The molecule has 2 rings (SSSR count). The smallest absolute Gasteiger partial charge is 0.141 e. The van der Waals surface area contributed by atoms with Crippen LogP contribution in [0.5, 0.6) is 11.5 Å². The number of rotatable bonds is 4. The summed E-state index contributed by atoms with van der Waals surface area (Å²) >= 11 is 0. The molecule has 0 spiro atoms. The third kappa shape index (κ3) is 2.60. The van der Waals surface area contributed by atoms with Crippen LogP contribution in [0.15, 0.2) is 36.0 Å². The van der Waals surface area contributed by atoms with E-state index in [2.05, 4.69) is 15.3 Å². The lowest BCUT2D eigenvalue weighted by Crippen LogP contribution is -1.94. The Balaban J connectivity index is 2.26. The molecular formula is C11H12N4O2. The molecule has 1 aromatic carbocycles. The van der Waals surface area contributed by atoms with E-state index >= 15 is 0 Å². The summed E-state index contributed by atoms with van der Waals surface area (Å²) in [5.74, 6) is 1.43. The van der Waals surface area contributed by atoms with Gasteiger partial charge < -0.3 is 9.47 Å². The van der Waals surface area contributed by atoms with Crippen molar-refractivity contribution in [1.29, 1.82) is 0 Å². The third-order valence-corrected chi connectivity index (χ3v) is 2.18. The van der Waals surface area contributed by atoms with Gasteiger partial charge in [-0.05, 0) is 12.1 Å². The summed E-state index contributed by atoms with van der Waals surface area (Å²) < 4.78 is 11.9. The lowest BCUT2D eigenvalue weighted by Gasteiger charge is -2.06. The van der Waals surface area contributed by atoms with Crippen LogP contribution in [0.1, 0.15) is 5.56 Å². The molecule has 2 aromatic rings. The first kappa shape index (κ1) is 11.1. The van der Waals surface area contributed by atoms with Crippen LogP contribution < -0.4 is 9.47 Å². The van der Waals surface area contributed by atoms with Gasteiger partial charge in [0.1, 0.15) is 24.2 Å². The van der Waals surface area contributed by atoms with Crippen LogP contribution in [0.3, 0.4) is 0 Å². The molecule has 1 heterocycles. The molecule has 0 fully saturated rings. The van der Waals surface area contributed by atoms with Crippen LogP contribution in [-0.2, 0) is 0 Å². The molecule has 0 bridgehead atoms. The molecule has 6 nitrogen and oxygen atoms in total. The standard InChI is InChI=1S/C11H12N4O2/c1-16-10-4-3-9(11(5-10)17-2)6-14-15-7-12-13-8-15/h3-8H,1-2H3. The Labute approximate surface area is 98.5 Å². The summed E-state index contributed by atoms with van der Waals surface area (Å²) in [5, 5.41) is 11.5. The van der Waals surface area contributed by atoms with E-state index in [0.29, 0.717) is 5.75 Å². The highest BCUT2D eigenvalue weighted by atomic mass is 16.5. The fourth-order valence-electron chi connectivity index (χ4n) is 1.31. The van der Waals surface area contributed by atoms with Crippen molar-refractivity contribution in [3.05, 3.63) is 36.4 Å². The highest BCUT2D eigenvalue weighted by Crippen LogP contribution is 2.23. The van der Waals surface area contributed by atoms with E-state index < -0.39 is 0 Å². The molecule has 0 saturated heterocycles. The molecular weight excluding hydrogens is 220 g/mol. The van der Waals surface area contributed by atoms with Crippen LogP contribution in [0.2, 0.25) is 0 Å². The van der Waals surface area contributed by atoms with Gasteiger partial charge in [0.05, 0.1) is 20.4 Å². The van der Waals surface area contributed by atoms with Crippen LogP contribution in [0, 0.1) is 0 Å². The van der Waals surface area contributed by atoms with Gasteiger partial charge in [-0.3, -0.25) is 0 Å². The first-order valence-corrected chi connectivity index (χ1v) is 4.94. The Kier molecular flexibility index (Phi) is 3.34. The van der Waals surface area contributed by atoms with Crippen molar-refractivity contribution in [3.63, 3.8) is 0 Å². The minimum Gasteiger partial charge on any atom is -0.497 e. The van der Waals surface area contributed by atoms with Crippen molar-refractivity contribution in [1.82, 2.24) is 14.9 Å². The molecule has 1 aromatic heterocycles. The summed E-state index contributed by atoms with van der Waals surface area (Å²) in [7, 11) is 3.21. The highest BCUT2D eigenvalue weighted by molar-refractivity contribution is 5.83. The summed E-state index contributed by atoms with van der Waals surface area (Å²) in [6, 6.07) is 5.51. The zero-order valence-electron chi connectivity index (χ0n) is 9.57. The van der Waals surface area contributed by atoms with E-state index in [4.69, 9.17) is 9.47 Å². The number of benzene rings is 1. The van der Waals surface area contributed by atoms with E-state index in [1.54, 1.807) is 26.5 Å². The number of aromatic nitrogens is 3. The number of methoxy groups -OCH3 is 2. The van der Waals surface area contributed by atoms with Gasteiger partial charge in [-0.1, -0.05) is 0 Å². The first-order valence-electron chi connectivity index (χ1n) is 4.94. The minimum atomic E-state index is 0.696. The van der Waals surface area contributed by atoms with Gasteiger partial charge in [-0.15, -0.1) is 10.2 Å². The van der Waals surface area contributed by atoms with Crippen molar-refractivity contribution in [2.24, 2.45) is 5.10 Å². The van der Waals surface area contributed by atoms with E-state index in [0.717, 1.165) is 11.3 Å². The normalized spacial score (nSPS) is 10.7. The Morgan fingerprint density at radius 3 is 2.59 bits per heavy atom. The first-order chi connectivity index (χ1) is 8.33. The van der Waals surface area contributed by atoms with Crippen LogP contribution >= 0.6 is 0 Å². The molecule has 0 atom stereocenters. The second-order valence-electron chi connectivity index (χ2n) is 3.19. The molecule has 0 N–H and O–H groups in total. The zero-order valence-corrected chi connectivity index (χ0v) is 9.57. The van der Waals surface area contributed by atoms with Gasteiger partial charge in [0.2, 0.25) is 0 Å². The molecule has 0 unspecified atom stereocenters. The molecule has 0 aliphatic heterocycles. The lowest BCUT2D eigenvalue weighted by molar-refractivity contribution is 0.394. The predicted molar refractivity (Wildman–Crippen MR) is 62.6 cm³/mol.